The topological polar surface area (TPSA) is 29.1 Å². The summed E-state index contributed by atoms with van der Waals surface area (Å²) in [4.78, 5) is 10.7. The van der Waals surface area contributed by atoms with Gasteiger partial charge in [-0.3, -0.25) is 4.79 Å². The first-order chi connectivity index (χ1) is 6.16. The van der Waals surface area contributed by atoms with E-state index >= 15 is 0 Å². The maximum Gasteiger partial charge on any atom is 0.243 e. The molecule has 0 saturated heterocycles. The molecule has 0 rings (SSSR count). The zero-order chi connectivity index (χ0) is 10.1. The minimum absolute atomic E-state index is 0.0751. The molecule has 13 heavy (non-hydrogen) atoms. The van der Waals surface area contributed by atoms with Crippen molar-refractivity contribution in [2.24, 2.45) is 5.92 Å². The van der Waals surface area contributed by atoms with Crippen LogP contribution in [0.15, 0.2) is 12.7 Å². The van der Waals surface area contributed by atoms with Crippen LogP contribution in [-0.4, -0.2) is 24.0 Å². The van der Waals surface area contributed by atoms with E-state index in [2.05, 4.69) is 25.7 Å². The smallest absolute Gasteiger partial charge is 0.243 e. The third-order valence-corrected chi connectivity index (χ3v) is 2.88. The van der Waals surface area contributed by atoms with E-state index in [1.165, 1.54) is 11.8 Å². The van der Waals surface area contributed by atoms with Crippen molar-refractivity contribution in [3.63, 3.8) is 0 Å². The molecular formula is C10H19NOS. The predicted molar refractivity (Wildman–Crippen MR) is 60.0 cm³/mol. The standard InChI is InChI=1S/C10H19NOS/c1-4-10(12)11-6-5-7-13-8-9(2)3/h4,9H,1,5-8H2,2-3H3,(H,11,12). The lowest BCUT2D eigenvalue weighted by atomic mass is 10.3. The fourth-order valence-electron chi connectivity index (χ4n) is 0.777. The molecule has 0 bridgehead atoms. The quantitative estimate of drug-likeness (QED) is 0.504. The molecule has 0 atom stereocenters. The Balaban J connectivity index is 3.08. The largest absolute Gasteiger partial charge is 0.353 e. The van der Waals surface area contributed by atoms with E-state index in [9.17, 15) is 4.79 Å². The highest BCUT2D eigenvalue weighted by Crippen LogP contribution is 2.07. The number of thioether (sulfide) groups is 1. The lowest BCUT2D eigenvalue weighted by molar-refractivity contribution is -0.116. The summed E-state index contributed by atoms with van der Waals surface area (Å²) in [5, 5.41) is 2.75. The summed E-state index contributed by atoms with van der Waals surface area (Å²) in [6.45, 7) is 8.57. The predicted octanol–water partition coefficient (Wildman–Crippen LogP) is 2.07. The first-order valence-electron chi connectivity index (χ1n) is 4.64. The Morgan fingerprint density at radius 1 is 1.62 bits per heavy atom. The summed E-state index contributed by atoms with van der Waals surface area (Å²) >= 11 is 1.94. The summed E-state index contributed by atoms with van der Waals surface area (Å²) in [7, 11) is 0. The van der Waals surface area contributed by atoms with Gasteiger partial charge in [-0.2, -0.15) is 11.8 Å². The van der Waals surface area contributed by atoms with E-state index in [0.29, 0.717) is 0 Å². The molecule has 0 aromatic carbocycles. The van der Waals surface area contributed by atoms with Gasteiger partial charge in [0.1, 0.15) is 0 Å². The fraction of sp³-hybridized carbons (Fsp3) is 0.700. The van der Waals surface area contributed by atoms with Crippen molar-refractivity contribution in [3.8, 4) is 0 Å². The molecule has 0 aliphatic carbocycles. The third-order valence-electron chi connectivity index (χ3n) is 1.40. The number of carbonyl (C=O) groups is 1. The van der Waals surface area contributed by atoms with Crippen molar-refractivity contribution in [1.82, 2.24) is 5.32 Å². The van der Waals surface area contributed by atoms with Crippen LogP contribution in [0.5, 0.6) is 0 Å². The van der Waals surface area contributed by atoms with Gasteiger partial charge >= 0.3 is 0 Å². The van der Waals surface area contributed by atoms with Crippen molar-refractivity contribution < 1.29 is 4.79 Å². The number of amides is 1. The van der Waals surface area contributed by atoms with Crippen LogP contribution in [-0.2, 0) is 4.79 Å². The molecule has 0 fully saturated rings. The maximum atomic E-state index is 10.7. The molecule has 0 heterocycles. The summed E-state index contributed by atoms with van der Waals surface area (Å²) in [6, 6.07) is 0. The fourth-order valence-corrected chi connectivity index (χ4v) is 1.76. The van der Waals surface area contributed by atoms with Crippen LogP contribution in [0.2, 0.25) is 0 Å². The molecule has 0 radical (unpaired) electrons. The lowest BCUT2D eigenvalue weighted by Crippen LogP contribution is -2.22. The van der Waals surface area contributed by atoms with Crippen molar-refractivity contribution in [2.45, 2.75) is 20.3 Å². The summed E-state index contributed by atoms with van der Waals surface area (Å²) in [5.41, 5.74) is 0. The molecule has 0 aliphatic rings. The molecule has 1 N–H and O–H groups in total. The van der Waals surface area contributed by atoms with Crippen LogP contribution in [0.4, 0.5) is 0 Å². The first-order valence-corrected chi connectivity index (χ1v) is 5.80. The number of hydrogen-bond donors (Lipinski definition) is 1. The Bertz CT molecular complexity index is 157. The average Bonchev–Trinajstić information content (AvgIpc) is 2.10. The Morgan fingerprint density at radius 3 is 2.85 bits per heavy atom. The second-order valence-corrected chi connectivity index (χ2v) is 4.47. The number of rotatable bonds is 7. The van der Waals surface area contributed by atoms with Crippen LogP contribution >= 0.6 is 11.8 Å². The van der Waals surface area contributed by atoms with Gasteiger partial charge in [-0.05, 0) is 29.9 Å². The van der Waals surface area contributed by atoms with Crippen LogP contribution in [0, 0.1) is 5.92 Å². The Kier molecular flexibility index (Phi) is 7.90. The molecule has 1 amide bonds. The van der Waals surface area contributed by atoms with Crippen LogP contribution in [0.1, 0.15) is 20.3 Å². The zero-order valence-corrected chi connectivity index (χ0v) is 9.32. The Labute approximate surface area is 85.2 Å². The van der Waals surface area contributed by atoms with E-state index in [-0.39, 0.29) is 5.91 Å². The van der Waals surface area contributed by atoms with Gasteiger partial charge in [0.15, 0.2) is 0 Å². The van der Waals surface area contributed by atoms with Gasteiger partial charge < -0.3 is 5.32 Å². The minimum Gasteiger partial charge on any atom is -0.353 e. The van der Waals surface area contributed by atoms with Crippen molar-refractivity contribution in [2.75, 3.05) is 18.1 Å². The van der Waals surface area contributed by atoms with Gasteiger partial charge in [-0.15, -0.1) is 0 Å². The molecular weight excluding hydrogens is 182 g/mol. The molecule has 3 heteroatoms. The number of hydrogen-bond acceptors (Lipinski definition) is 2. The monoisotopic (exact) mass is 201 g/mol. The van der Waals surface area contributed by atoms with E-state index < -0.39 is 0 Å². The molecule has 0 aliphatic heterocycles. The Morgan fingerprint density at radius 2 is 2.31 bits per heavy atom. The normalized spacial score (nSPS) is 10.1. The average molecular weight is 201 g/mol. The number of carbonyl (C=O) groups excluding carboxylic acids is 1. The highest BCUT2D eigenvalue weighted by atomic mass is 32.2. The van der Waals surface area contributed by atoms with Crippen LogP contribution in [0.25, 0.3) is 0 Å². The lowest BCUT2D eigenvalue weighted by Gasteiger charge is -2.04. The molecule has 0 spiro atoms. The van der Waals surface area contributed by atoms with E-state index in [4.69, 9.17) is 0 Å². The first kappa shape index (κ1) is 12.6. The van der Waals surface area contributed by atoms with E-state index in [1.54, 1.807) is 0 Å². The molecule has 76 valence electrons. The molecule has 0 saturated carbocycles. The van der Waals surface area contributed by atoms with Gasteiger partial charge in [0.05, 0.1) is 0 Å². The minimum atomic E-state index is -0.0751. The molecule has 0 aromatic rings. The van der Waals surface area contributed by atoms with Crippen molar-refractivity contribution >= 4 is 17.7 Å². The SMILES string of the molecule is C=CC(=O)NCCCSCC(C)C. The van der Waals surface area contributed by atoms with Crippen LogP contribution in [0.3, 0.4) is 0 Å². The second kappa shape index (κ2) is 8.17. The van der Waals surface area contributed by atoms with Crippen molar-refractivity contribution in [1.29, 1.82) is 0 Å². The van der Waals surface area contributed by atoms with Gasteiger partial charge in [-0.25, -0.2) is 0 Å². The molecule has 0 aromatic heterocycles. The highest BCUT2D eigenvalue weighted by molar-refractivity contribution is 7.99. The van der Waals surface area contributed by atoms with E-state index in [1.807, 2.05) is 11.8 Å². The number of nitrogens with one attached hydrogen (secondary N) is 1. The summed E-state index contributed by atoms with van der Waals surface area (Å²) in [5.74, 6) is 3.01. The highest BCUT2D eigenvalue weighted by Gasteiger charge is 1.95. The van der Waals surface area contributed by atoms with E-state index in [0.717, 1.165) is 24.6 Å². The summed E-state index contributed by atoms with van der Waals surface area (Å²) < 4.78 is 0. The van der Waals surface area contributed by atoms with Gasteiger partial charge in [-0.1, -0.05) is 20.4 Å². The third kappa shape index (κ3) is 9.47. The second-order valence-electron chi connectivity index (χ2n) is 3.32. The maximum absolute atomic E-state index is 10.7. The zero-order valence-electron chi connectivity index (χ0n) is 8.51. The van der Waals surface area contributed by atoms with Gasteiger partial charge in [0.25, 0.3) is 0 Å². The van der Waals surface area contributed by atoms with Gasteiger partial charge in [0.2, 0.25) is 5.91 Å². The van der Waals surface area contributed by atoms with Crippen LogP contribution < -0.4 is 5.32 Å². The molecule has 0 unspecified atom stereocenters. The summed E-state index contributed by atoms with van der Waals surface area (Å²) in [6.07, 6.45) is 2.35. The Hall–Kier alpha value is -0.440. The molecule has 2 nitrogen and oxygen atoms in total. The van der Waals surface area contributed by atoms with Gasteiger partial charge in [0, 0.05) is 6.54 Å². The van der Waals surface area contributed by atoms with Crippen molar-refractivity contribution in [3.05, 3.63) is 12.7 Å².